The van der Waals surface area contributed by atoms with Crippen LogP contribution < -0.4 is 9.80 Å². The number of pyridine rings is 1. The number of anilines is 4. The Hall–Kier alpha value is -2.95. The largest absolute Gasteiger partial charge is 0.315 e. The molecule has 0 amide bonds. The predicted molar refractivity (Wildman–Crippen MR) is 117 cm³/mol. The summed E-state index contributed by atoms with van der Waals surface area (Å²) in [6.45, 7) is 9.52. The summed E-state index contributed by atoms with van der Waals surface area (Å²) in [7, 11) is 0. The first kappa shape index (κ1) is 18.1. The fraction of sp³-hybridized carbons (Fsp3) is 0.375. The van der Waals surface area contributed by atoms with E-state index < -0.39 is 0 Å². The molecule has 2 aliphatic rings. The number of aromatic nitrogens is 3. The number of rotatable bonds is 3. The predicted octanol–water partition coefficient (Wildman–Crippen LogP) is 5.59. The molecule has 3 atom stereocenters. The first-order valence-corrected chi connectivity index (χ1v) is 10.4. The maximum absolute atomic E-state index is 4.74. The van der Waals surface area contributed by atoms with Crippen molar-refractivity contribution in [2.75, 3.05) is 9.80 Å². The van der Waals surface area contributed by atoms with Crippen molar-refractivity contribution in [2.45, 2.75) is 52.1 Å². The number of para-hydroxylation sites is 1. The minimum absolute atomic E-state index is 0.0138. The van der Waals surface area contributed by atoms with Gasteiger partial charge in [0.1, 0.15) is 18.2 Å². The molecule has 3 unspecified atom stereocenters. The fourth-order valence-electron chi connectivity index (χ4n) is 5.54. The van der Waals surface area contributed by atoms with Crippen LogP contribution >= 0.6 is 0 Å². The van der Waals surface area contributed by atoms with Gasteiger partial charge in [-0.05, 0) is 36.6 Å². The zero-order valence-electron chi connectivity index (χ0n) is 17.5. The van der Waals surface area contributed by atoms with Crippen LogP contribution in [0.4, 0.5) is 22.9 Å². The van der Waals surface area contributed by atoms with Gasteiger partial charge in [-0.25, -0.2) is 9.97 Å². The fourth-order valence-corrected chi connectivity index (χ4v) is 5.54. The van der Waals surface area contributed by atoms with Crippen LogP contribution in [0.5, 0.6) is 0 Å². The van der Waals surface area contributed by atoms with Crippen LogP contribution in [0.25, 0.3) is 0 Å². The molecule has 4 heterocycles. The van der Waals surface area contributed by atoms with E-state index in [-0.39, 0.29) is 17.0 Å². The molecule has 0 spiro atoms. The summed E-state index contributed by atoms with van der Waals surface area (Å²) in [6, 6.07) is 13.0. The summed E-state index contributed by atoms with van der Waals surface area (Å²) < 4.78 is 0. The second-order valence-electron chi connectivity index (χ2n) is 8.52. The molecule has 0 radical (unpaired) electrons. The van der Waals surface area contributed by atoms with Gasteiger partial charge in [0.05, 0.1) is 6.20 Å². The van der Waals surface area contributed by atoms with Crippen LogP contribution in [0.1, 0.15) is 46.1 Å². The maximum Gasteiger partial charge on any atom is 0.162 e. The molecular weight excluding hydrogens is 358 g/mol. The normalized spacial score (nSPS) is 27.4. The van der Waals surface area contributed by atoms with Crippen molar-refractivity contribution >= 4 is 22.9 Å². The van der Waals surface area contributed by atoms with E-state index in [1.165, 1.54) is 11.3 Å². The monoisotopic (exact) mass is 385 g/mol. The van der Waals surface area contributed by atoms with Crippen LogP contribution in [0.3, 0.4) is 0 Å². The molecule has 3 aromatic rings. The second-order valence-corrected chi connectivity index (χ2v) is 8.52. The lowest BCUT2D eigenvalue weighted by Crippen LogP contribution is -2.62. The highest BCUT2D eigenvalue weighted by Crippen LogP contribution is 2.63. The minimum atomic E-state index is -0.0138. The summed E-state index contributed by atoms with van der Waals surface area (Å²) in [5.41, 5.74) is 4.87. The average molecular weight is 386 g/mol. The molecule has 2 aromatic heterocycles. The van der Waals surface area contributed by atoms with Crippen LogP contribution in [0.2, 0.25) is 0 Å². The van der Waals surface area contributed by atoms with Crippen LogP contribution in [0, 0.1) is 5.41 Å². The third-order valence-electron chi connectivity index (χ3n) is 7.62. The van der Waals surface area contributed by atoms with Gasteiger partial charge in [0.25, 0.3) is 0 Å². The Bertz CT molecular complexity index is 1050. The van der Waals surface area contributed by atoms with Gasteiger partial charge < -0.3 is 9.80 Å². The third-order valence-corrected chi connectivity index (χ3v) is 7.62. The highest BCUT2D eigenvalue weighted by atomic mass is 15.5. The van der Waals surface area contributed by atoms with E-state index in [9.17, 15) is 0 Å². The Morgan fingerprint density at radius 2 is 1.66 bits per heavy atom. The SMILES string of the molecule is CCC1(C)c2ccccc2N2c3cncnc3N(c3ccncc3)C2C1(C)CC. The van der Waals surface area contributed by atoms with Gasteiger partial charge in [-0.1, -0.05) is 45.9 Å². The average Bonchev–Trinajstić information content (AvgIpc) is 3.14. The van der Waals surface area contributed by atoms with E-state index in [1.807, 2.05) is 18.6 Å². The Kier molecular flexibility index (Phi) is 3.92. The number of benzene rings is 1. The Morgan fingerprint density at radius 3 is 2.38 bits per heavy atom. The van der Waals surface area contributed by atoms with Crippen LogP contribution in [-0.2, 0) is 5.41 Å². The molecule has 0 aliphatic carbocycles. The first-order valence-electron chi connectivity index (χ1n) is 10.4. The summed E-state index contributed by atoms with van der Waals surface area (Å²) in [5.74, 6) is 0.964. The molecule has 0 N–H and O–H groups in total. The zero-order chi connectivity index (χ0) is 20.2. The number of nitrogens with zero attached hydrogens (tertiary/aromatic N) is 5. The minimum Gasteiger partial charge on any atom is -0.315 e. The molecule has 0 bridgehead atoms. The van der Waals surface area contributed by atoms with E-state index in [0.29, 0.717) is 0 Å². The number of fused-ring (bicyclic) bond motifs is 5. The topological polar surface area (TPSA) is 45.2 Å². The molecule has 148 valence electrons. The first-order chi connectivity index (χ1) is 14.1. The standard InChI is InChI=1S/C24H27N5/c1-5-23(3)18-9-7-8-10-19(18)29-20-15-26-16-27-21(20)28(17-11-13-25-14-12-17)22(29)24(23,4)6-2/h7-16,22H,5-6H2,1-4H3. The van der Waals surface area contributed by atoms with E-state index in [4.69, 9.17) is 4.98 Å². The van der Waals surface area contributed by atoms with Crippen molar-refractivity contribution in [1.29, 1.82) is 0 Å². The van der Waals surface area contributed by atoms with Crippen molar-refractivity contribution in [1.82, 2.24) is 15.0 Å². The van der Waals surface area contributed by atoms with Gasteiger partial charge >= 0.3 is 0 Å². The summed E-state index contributed by atoms with van der Waals surface area (Å²) >= 11 is 0. The Labute approximate surface area is 172 Å². The van der Waals surface area contributed by atoms with Gasteiger partial charge in [0.15, 0.2) is 5.82 Å². The second kappa shape index (κ2) is 6.28. The molecule has 0 saturated heterocycles. The molecule has 5 rings (SSSR count). The highest BCUT2D eigenvalue weighted by Gasteiger charge is 2.60. The van der Waals surface area contributed by atoms with Gasteiger partial charge in [0, 0.05) is 34.6 Å². The van der Waals surface area contributed by atoms with E-state index in [0.717, 1.165) is 30.0 Å². The quantitative estimate of drug-likeness (QED) is 0.588. The maximum atomic E-state index is 4.74. The van der Waals surface area contributed by atoms with Gasteiger partial charge in [-0.15, -0.1) is 0 Å². The van der Waals surface area contributed by atoms with Crippen molar-refractivity contribution in [2.24, 2.45) is 5.41 Å². The molecule has 5 nitrogen and oxygen atoms in total. The molecule has 0 fully saturated rings. The van der Waals surface area contributed by atoms with Crippen LogP contribution in [0.15, 0.2) is 61.3 Å². The lowest BCUT2D eigenvalue weighted by molar-refractivity contribution is 0.0965. The molecule has 0 saturated carbocycles. The van der Waals surface area contributed by atoms with Crippen molar-refractivity contribution in [3.8, 4) is 0 Å². The molecule has 1 aromatic carbocycles. The zero-order valence-corrected chi connectivity index (χ0v) is 17.5. The lowest BCUT2D eigenvalue weighted by Gasteiger charge is -2.58. The van der Waals surface area contributed by atoms with Gasteiger partial charge in [-0.3, -0.25) is 4.98 Å². The third kappa shape index (κ3) is 2.18. The van der Waals surface area contributed by atoms with E-state index in [2.05, 4.69) is 83.9 Å². The van der Waals surface area contributed by atoms with Crippen molar-refractivity contribution in [3.63, 3.8) is 0 Å². The van der Waals surface area contributed by atoms with Crippen molar-refractivity contribution < 1.29 is 0 Å². The highest BCUT2D eigenvalue weighted by molar-refractivity contribution is 5.88. The molecule has 5 heteroatoms. The van der Waals surface area contributed by atoms with E-state index in [1.54, 1.807) is 6.33 Å². The Morgan fingerprint density at radius 1 is 0.897 bits per heavy atom. The summed E-state index contributed by atoms with van der Waals surface area (Å²) in [6.07, 6.45) is 9.57. The van der Waals surface area contributed by atoms with Crippen LogP contribution in [-0.4, -0.2) is 21.1 Å². The van der Waals surface area contributed by atoms with Gasteiger partial charge in [-0.2, -0.15) is 0 Å². The number of hydrogen-bond acceptors (Lipinski definition) is 5. The van der Waals surface area contributed by atoms with E-state index >= 15 is 0 Å². The van der Waals surface area contributed by atoms with Crippen molar-refractivity contribution in [3.05, 3.63) is 66.9 Å². The molecular formula is C24H27N5. The smallest absolute Gasteiger partial charge is 0.162 e. The summed E-state index contributed by atoms with van der Waals surface area (Å²) in [5, 5.41) is 0. The molecule has 2 aliphatic heterocycles. The molecule has 29 heavy (non-hydrogen) atoms. The summed E-state index contributed by atoms with van der Waals surface area (Å²) in [4.78, 5) is 18.2. The van der Waals surface area contributed by atoms with Gasteiger partial charge in [0.2, 0.25) is 0 Å². The Balaban J connectivity index is 1.86. The lowest BCUT2D eigenvalue weighted by atomic mass is 9.55. The number of hydrogen-bond donors (Lipinski definition) is 0.